The molecule has 6 heteroatoms. The minimum atomic E-state index is -3.56. The zero-order chi connectivity index (χ0) is 12.3. The Morgan fingerprint density at radius 1 is 1.50 bits per heavy atom. The van der Waals surface area contributed by atoms with Crippen LogP contribution in [0, 0.1) is 0 Å². The van der Waals surface area contributed by atoms with Crippen molar-refractivity contribution >= 4 is 27.3 Å². The van der Waals surface area contributed by atoms with Gasteiger partial charge in [-0.05, 0) is 24.6 Å². The van der Waals surface area contributed by atoms with Gasteiger partial charge in [-0.1, -0.05) is 23.7 Å². The predicted octanol–water partition coefficient (Wildman–Crippen LogP) is 1.13. The molecule has 0 aliphatic rings. The van der Waals surface area contributed by atoms with Gasteiger partial charge in [-0.3, -0.25) is 4.79 Å². The van der Waals surface area contributed by atoms with Crippen molar-refractivity contribution in [2.75, 3.05) is 0 Å². The molecule has 1 rings (SSSR count). The second kappa shape index (κ2) is 4.84. The van der Waals surface area contributed by atoms with Crippen LogP contribution in [0.5, 0.6) is 0 Å². The van der Waals surface area contributed by atoms with E-state index >= 15 is 0 Å². The summed E-state index contributed by atoms with van der Waals surface area (Å²) in [5.74, 6) is -1.08. The number of hydrogen-bond donors (Lipinski definition) is 1. The summed E-state index contributed by atoms with van der Waals surface area (Å²) in [5.41, 5.74) is 5.50. The van der Waals surface area contributed by atoms with E-state index in [1.54, 1.807) is 24.3 Å². The molecule has 0 saturated carbocycles. The molecule has 0 heterocycles. The van der Waals surface area contributed by atoms with Crippen molar-refractivity contribution in [2.45, 2.75) is 17.9 Å². The average molecular weight is 262 g/mol. The highest BCUT2D eigenvalue weighted by Crippen LogP contribution is 2.15. The van der Waals surface area contributed by atoms with E-state index in [0.717, 1.165) is 0 Å². The zero-order valence-corrected chi connectivity index (χ0v) is 10.3. The molecule has 0 aromatic heterocycles. The zero-order valence-electron chi connectivity index (χ0n) is 8.68. The highest BCUT2D eigenvalue weighted by atomic mass is 35.5. The Bertz CT molecular complexity index is 499. The second-order valence-corrected chi connectivity index (χ2v) is 6.24. The van der Waals surface area contributed by atoms with Crippen molar-refractivity contribution in [2.24, 2.45) is 5.73 Å². The number of halogens is 1. The van der Waals surface area contributed by atoms with Crippen LogP contribution in [-0.4, -0.2) is 19.6 Å². The Labute approximate surface area is 99.3 Å². The summed E-state index contributed by atoms with van der Waals surface area (Å²) in [4.78, 5) is 10.8. The third-order valence-corrected chi connectivity index (χ3v) is 4.48. The van der Waals surface area contributed by atoms with Crippen molar-refractivity contribution in [3.63, 3.8) is 0 Å². The molecule has 1 aromatic rings. The SMILES string of the molecule is C[C@@H](C(N)=O)S(=O)(=O)Cc1cccc(Cl)c1. The number of carbonyl (C=O) groups is 1. The normalized spacial score (nSPS) is 13.4. The summed E-state index contributed by atoms with van der Waals surface area (Å²) < 4.78 is 23.4. The van der Waals surface area contributed by atoms with E-state index in [9.17, 15) is 13.2 Å². The summed E-state index contributed by atoms with van der Waals surface area (Å²) in [7, 11) is -3.56. The third kappa shape index (κ3) is 3.21. The molecule has 0 aliphatic carbocycles. The molecule has 2 N–H and O–H groups in total. The lowest BCUT2D eigenvalue weighted by Gasteiger charge is -2.09. The topological polar surface area (TPSA) is 77.2 Å². The van der Waals surface area contributed by atoms with Gasteiger partial charge in [-0.15, -0.1) is 0 Å². The van der Waals surface area contributed by atoms with Crippen LogP contribution in [0.4, 0.5) is 0 Å². The lowest BCUT2D eigenvalue weighted by Crippen LogP contribution is -2.33. The van der Waals surface area contributed by atoms with Crippen molar-refractivity contribution in [1.29, 1.82) is 0 Å². The van der Waals surface area contributed by atoms with Gasteiger partial charge >= 0.3 is 0 Å². The maximum atomic E-state index is 11.7. The standard InChI is InChI=1S/C10H12ClNO3S/c1-7(10(12)13)16(14,15)6-8-3-2-4-9(11)5-8/h2-5,7H,6H2,1H3,(H2,12,13)/t7-/m0/s1. The lowest BCUT2D eigenvalue weighted by atomic mass is 10.2. The second-order valence-electron chi connectivity index (χ2n) is 3.48. The minimum absolute atomic E-state index is 0.238. The Hall–Kier alpha value is -1.07. The van der Waals surface area contributed by atoms with Crippen molar-refractivity contribution in [3.8, 4) is 0 Å². The number of hydrogen-bond acceptors (Lipinski definition) is 3. The van der Waals surface area contributed by atoms with Crippen LogP contribution in [0.15, 0.2) is 24.3 Å². The molecule has 1 atom stereocenters. The molecule has 88 valence electrons. The van der Waals surface area contributed by atoms with Crippen LogP contribution in [0.1, 0.15) is 12.5 Å². The number of sulfone groups is 1. The maximum Gasteiger partial charge on any atom is 0.235 e. The van der Waals surface area contributed by atoms with Gasteiger partial charge in [-0.25, -0.2) is 8.42 Å². The summed E-state index contributed by atoms with van der Waals surface area (Å²) in [6.45, 7) is 1.28. The van der Waals surface area contributed by atoms with Gasteiger partial charge in [-0.2, -0.15) is 0 Å². The van der Waals surface area contributed by atoms with Crippen LogP contribution in [0.2, 0.25) is 5.02 Å². The smallest absolute Gasteiger partial charge is 0.235 e. The van der Waals surface area contributed by atoms with Crippen LogP contribution in [0.25, 0.3) is 0 Å². The lowest BCUT2D eigenvalue weighted by molar-refractivity contribution is -0.117. The molecular formula is C10H12ClNO3S. The fraction of sp³-hybridized carbons (Fsp3) is 0.300. The molecule has 0 radical (unpaired) electrons. The van der Waals surface area contributed by atoms with Gasteiger partial charge < -0.3 is 5.73 Å². The van der Waals surface area contributed by atoms with Crippen molar-refractivity contribution < 1.29 is 13.2 Å². The Kier molecular flexibility index (Phi) is 3.93. The molecule has 0 fully saturated rings. The van der Waals surface area contributed by atoms with E-state index in [2.05, 4.69) is 0 Å². The van der Waals surface area contributed by atoms with Crippen molar-refractivity contribution in [3.05, 3.63) is 34.9 Å². The summed E-state index contributed by atoms with van der Waals surface area (Å²) in [6.07, 6.45) is 0. The van der Waals surface area contributed by atoms with Crippen LogP contribution in [-0.2, 0) is 20.4 Å². The van der Waals surface area contributed by atoms with Crippen LogP contribution >= 0.6 is 11.6 Å². The first-order valence-electron chi connectivity index (χ1n) is 4.58. The number of rotatable bonds is 4. The Morgan fingerprint density at radius 2 is 2.12 bits per heavy atom. The van der Waals surface area contributed by atoms with Gasteiger partial charge in [0.2, 0.25) is 5.91 Å². The monoisotopic (exact) mass is 261 g/mol. The predicted molar refractivity (Wildman–Crippen MR) is 62.7 cm³/mol. The van der Waals surface area contributed by atoms with E-state index < -0.39 is 21.0 Å². The number of benzene rings is 1. The fourth-order valence-electron chi connectivity index (χ4n) is 1.16. The van der Waals surface area contributed by atoms with Gasteiger partial charge in [0.15, 0.2) is 9.84 Å². The average Bonchev–Trinajstić information content (AvgIpc) is 2.15. The summed E-state index contributed by atoms with van der Waals surface area (Å²) in [5, 5.41) is -0.731. The summed E-state index contributed by atoms with van der Waals surface area (Å²) in [6, 6.07) is 6.49. The van der Waals surface area contributed by atoms with Crippen LogP contribution in [0.3, 0.4) is 0 Å². The molecule has 4 nitrogen and oxygen atoms in total. The third-order valence-electron chi connectivity index (χ3n) is 2.20. The highest BCUT2D eigenvalue weighted by Gasteiger charge is 2.25. The molecule has 0 unspecified atom stereocenters. The number of amides is 1. The van der Waals surface area contributed by atoms with E-state index in [1.807, 2.05) is 0 Å². The van der Waals surface area contributed by atoms with E-state index in [-0.39, 0.29) is 5.75 Å². The van der Waals surface area contributed by atoms with Gasteiger partial charge in [0.25, 0.3) is 0 Å². The van der Waals surface area contributed by atoms with Gasteiger partial charge in [0, 0.05) is 5.02 Å². The molecule has 0 saturated heterocycles. The minimum Gasteiger partial charge on any atom is -0.369 e. The fourth-order valence-corrected chi connectivity index (χ4v) is 2.62. The highest BCUT2D eigenvalue weighted by molar-refractivity contribution is 7.92. The molecule has 0 bridgehead atoms. The molecular weight excluding hydrogens is 250 g/mol. The number of primary amides is 1. The quantitative estimate of drug-likeness (QED) is 0.883. The van der Waals surface area contributed by atoms with Crippen LogP contribution < -0.4 is 5.73 Å². The van der Waals surface area contributed by atoms with E-state index in [4.69, 9.17) is 17.3 Å². The molecule has 0 spiro atoms. The molecule has 1 amide bonds. The Morgan fingerprint density at radius 3 is 2.62 bits per heavy atom. The first-order chi connectivity index (χ1) is 7.33. The molecule has 0 aliphatic heterocycles. The van der Waals surface area contributed by atoms with Gasteiger partial charge in [0.05, 0.1) is 5.75 Å². The largest absolute Gasteiger partial charge is 0.369 e. The van der Waals surface area contributed by atoms with Crippen molar-refractivity contribution in [1.82, 2.24) is 0 Å². The maximum absolute atomic E-state index is 11.7. The molecule has 16 heavy (non-hydrogen) atoms. The van der Waals surface area contributed by atoms with E-state index in [0.29, 0.717) is 10.6 Å². The van der Waals surface area contributed by atoms with E-state index in [1.165, 1.54) is 6.92 Å². The first kappa shape index (κ1) is 13.0. The summed E-state index contributed by atoms with van der Waals surface area (Å²) >= 11 is 5.73. The Balaban J connectivity index is 2.93. The first-order valence-corrected chi connectivity index (χ1v) is 6.67. The number of nitrogens with two attached hydrogens (primary N) is 1. The van der Waals surface area contributed by atoms with Gasteiger partial charge in [0.1, 0.15) is 5.25 Å². The number of carbonyl (C=O) groups excluding carboxylic acids is 1. The molecule has 1 aromatic carbocycles.